The summed E-state index contributed by atoms with van der Waals surface area (Å²) in [7, 11) is 1.89. The van der Waals surface area contributed by atoms with Crippen LogP contribution in [-0.2, 0) is 7.05 Å². The lowest BCUT2D eigenvalue weighted by Gasteiger charge is -2.06. The molecule has 0 spiro atoms. The number of imidazole rings is 1. The highest BCUT2D eigenvalue weighted by molar-refractivity contribution is 7.99. The summed E-state index contributed by atoms with van der Waals surface area (Å²) >= 11 is 1.40. The molecule has 17 heavy (non-hydrogen) atoms. The van der Waals surface area contributed by atoms with E-state index in [1.165, 1.54) is 11.8 Å². The lowest BCUT2D eigenvalue weighted by atomic mass is 10.2. The van der Waals surface area contributed by atoms with E-state index in [0.717, 1.165) is 10.1 Å². The van der Waals surface area contributed by atoms with E-state index < -0.39 is 5.91 Å². The smallest absolute Gasteiger partial charge is 0.248 e. The van der Waals surface area contributed by atoms with Gasteiger partial charge >= 0.3 is 0 Å². The van der Waals surface area contributed by atoms with Gasteiger partial charge in [-0.05, 0) is 30.0 Å². The Morgan fingerprint density at radius 2 is 2.24 bits per heavy atom. The highest BCUT2D eigenvalue weighted by Crippen LogP contribution is 2.31. The molecule has 0 radical (unpaired) electrons. The number of nitrogen functional groups attached to an aromatic ring is 1. The largest absolute Gasteiger partial charge is 0.398 e. The minimum absolute atomic E-state index is 0.441. The number of anilines is 1. The van der Waals surface area contributed by atoms with Crippen molar-refractivity contribution in [3.63, 3.8) is 0 Å². The number of carbonyl (C=O) groups is 1. The lowest BCUT2D eigenvalue weighted by molar-refractivity contribution is 0.1000. The molecule has 0 fully saturated rings. The Balaban J connectivity index is 2.35. The Kier molecular flexibility index (Phi) is 3.06. The van der Waals surface area contributed by atoms with E-state index in [4.69, 9.17) is 11.5 Å². The second kappa shape index (κ2) is 4.50. The molecule has 2 aromatic rings. The van der Waals surface area contributed by atoms with Gasteiger partial charge in [-0.15, -0.1) is 0 Å². The van der Waals surface area contributed by atoms with Gasteiger partial charge in [0.25, 0.3) is 0 Å². The number of nitrogens with zero attached hydrogens (tertiary/aromatic N) is 2. The van der Waals surface area contributed by atoms with E-state index >= 15 is 0 Å². The number of rotatable bonds is 3. The molecule has 0 aliphatic carbocycles. The third-order valence-corrected chi connectivity index (χ3v) is 3.43. The fourth-order valence-corrected chi connectivity index (χ4v) is 2.21. The molecule has 0 atom stereocenters. The van der Waals surface area contributed by atoms with Gasteiger partial charge in [-0.3, -0.25) is 4.79 Å². The number of hydrogen-bond acceptors (Lipinski definition) is 4. The zero-order valence-corrected chi connectivity index (χ0v) is 10.1. The normalized spacial score (nSPS) is 10.4. The molecule has 0 saturated heterocycles. The highest BCUT2D eigenvalue weighted by Gasteiger charge is 2.09. The van der Waals surface area contributed by atoms with E-state index in [1.807, 2.05) is 17.8 Å². The molecule has 0 aliphatic rings. The molecule has 2 rings (SSSR count). The highest BCUT2D eigenvalue weighted by atomic mass is 32.2. The van der Waals surface area contributed by atoms with E-state index in [9.17, 15) is 4.79 Å². The van der Waals surface area contributed by atoms with Crippen LogP contribution >= 0.6 is 11.8 Å². The van der Waals surface area contributed by atoms with Crippen molar-refractivity contribution in [2.24, 2.45) is 12.8 Å². The lowest BCUT2D eigenvalue weighted by Crippen LogP contribution is -2.11. The Bertz CT molecular complexity index is 564. The summed E-state index contributed by atoms with van der Waals surface area (Å²) in [6, 6.07) is 4.96. The number of aryl methyl sites for hydroxylation is 1. The van der Waals surface area contributed by atoms with E-state index in [0.29, 0.717) is 11.3 Å². The summed E-state index contributed by atoms with van der Waals surface area (Å²) in [6.45, 7) is 0. The van der Waals surface area contributed by atoms with Gasteiger partial charge in [0, 0.05) is 35.6 Å². The van der Waals surface area contributed by atoms with Crippen LogP contribution in [0.15, 0.2) is 40.6 Å². The number of primary amides is 1. The minimum atomic E-state index is -0.466. The van der Waals surface area contributed by atoms with Gasteiger partial charge in [0.2, 0.25) is 5.91 Å². The number of nitrogens with two attached hydrogens (primary N) is 2. The van der Waals surface area contributed by atoms with Crippen LogP contribution in [0, 0.1) is 0 Å². The third-order valence-electron chi connectivity index (χ3n) is 2.28. The zero-order chi connectivity index (χ0) is 12.4. The summed E-state index contributed by atoms with van der Waals surface area (Å²) < 4.78 is 1.88. The Labute approximate surface area is 103 Å². The molecule has 5 nitrogen and oxygen atoms in total. The maximum Gasteiger partial charge on any atom is 0.248 e. The van der Waals surface area contributed by atoms with Crippen molar-refractivity contribution in [3.8, 4) is 0 Å². The van der Waals surface area contributed by atoms with Crippen molar-refractivity contribution in [1.29, 1.82) is 0 Å². The molecule has 0 saturated carbocycles. The molecule has 1 amide bonds. The van der Waals surface area contributed by atoms with E-state index in [-0.39, 0.29) is 0 Å². The number of carbonyl (C=O) groups excluding carboxylic acids is 1. The predicted molar refractivity (Wildman–Crippen MR) is 66.7 cm³/mol. The van der Waals surface area contributed by atoms with Crippen LogP contribution in [0.2, 0.25) is 0 Å². The predicted octanol–water partition coefficient (Wildman–Crippen LogP) is 1.25. The maximum atomic E-state index is 11.1. The maximum absolute atomic E-state index is 11.1. The molecule has 0 aliphatic heterocycles. The molecule has 0 bridgehead atoms. The first-order valence-electron chi connectivity index (χ1n) is 4.92. The van der Waals surface area contributed by atoms with Gasteiger partial charge < -0.3 is 16.0 Å². The molecular formula is C11H12N4OS. The van der Waals surface area contributed by atoms with Crippen molar-refractivity contribution in [2.75, 3.05) is 5.73 Å². The van der Waals surface area contributed by atoms with Crippen LogP contribution in [0.25, 0.3) is 0 Å². The SMILES string of the molecule is Cn1ccnc1Sc1cc(C(N)=O)ccc1N. The molecular weight excluding hydrogens is 236 g/mol. The van der Waals surface area contributed by atoms with E-state index in [2.05, 4.69) is 4.98 Å². The summed E-state index contributed by atoms with van der Waals surface area (Å²) in [4.78, 5) is 16.0. The van der Waals surface area contributed by atoms with Gasteiger partial charge in [0.05, 0.1) is 0 Å². The molecule has 6 heteroatoms. The van der Waals surface area contributed by atoms with Crippen LogP contribution in [0.5, 0.6) is 0 Å². The van der Waals surface area contributed by atoms with Crippen LogP contribution in [0.3, 0.4) is 0 Å². The van der Waals surface area contributed by atoms with Crippen LogP contribution in [0.4, 0.5) is 5.69 Å². The second-order valence-corrected chi connectivity index (χ2v) is 4.55. The van der Waals surface area contributed by atoms with Gasteiger partial charge in [0.15, 0.2) is 5.16 Å². The molecule has 1 aromatic heterocycles. The van der Waals surface area contributed by atoms with E-state index in [1.54, 1.807) is 24.4 Å². The van der Waals surface area contributed by atoms with Gasteiger partial charge in [0.1, 0.15) is 0 Å². The number of amides is 1. The monoisotopic (exact) mass is 248 g/mol. The molecule has 88 valence electrons. The average Bonchev–Trinajstić information content (AvgIpc) is 2.67. The molecule has 1 heterocycles. The zero-order valence-electron chi connectivity index (χ0n) is 9.25. The van der Waals surface area contributed by atoms with Crippen LogP contribution in [0.1, 0.15) is 10.4 Å². The van der Waals surface area contributed by atoms with Crippen molar-refractivity contribution >= 4 is 23.4 Å². The Morgan fingerprint density at radius 3 is 2.82 bits per heavy atom. The third kappa shape index (κ3) is 2.42. The van der Waals surface area contributed by atoms with Crippen LogP contribution < -0.4 is 11.5 Å². The first-order valence-corrected chi connectivity index (χ1v) is 5.74. The summed E-state index contributed by atoms with van der Waals surface area (Å²) in [5, 5.41) is 0.804. The minimum Gasteiger partial charge on any atom is -0.398 e. The summed E-state index contributed by atoms with van der Waals surface area (Å²) in [6.07, 6.45) is 3.55. The van der Waals surface area contributed by atoms with Gasteiger partial charge in [-0.25, -0.2) is 4.98 Å². The standard InChI is InChI=1S/C11H12N4OS/c1-15-5-4-14-11(15)17-9-6-7(10(13)16)2-3-8(9)12/h2-6H,12H2,1H3,(H2,13,16). The fraction of sp³-hybridized carbons (Fsp3) is 0.0909. The van der Waals surface area contributed by atoms with Crippen molar-refractivity contribution in [3.05, 3.63) is 36.2 Å². The molecule has 1 aromatic carbocycles. The Morgan fingerprint density at radius 1 is 1.47 bits per heavy atom. The Hall–Kier alpha value is -1.95. The van der Waals surface area contributed by atoms with Crippen molar-refractivity contribution < 1.29 is 4.79 Å². The fourth-order valence-electron chi connectivity index (χ4n) is 1.32. The second-order valence-electron chi connectivity index (χ2n) is 3.54. The average molecular weight is 248 g/mol. The molecule has 4 N–H and O–H groups in total. The number of aromatic nitrogens is 2. The van der Waals surface area contributed by atoms with Gasteiger partial charge in [-0.2, -0.15) is 0 Å². The van der Waals surface area contributed by atoms with Gasteiger partial charge in [-0.1, -0.05) is 0 Å². The number of benzene rings is 1. The van der Waals surface area contributed by atoms with Crippen LogP contribution in [-0.4, -0.2) is 15.5 Å². The van der Waals surface area contributed by atoms with Crippen molar-refractivity contribution in [1.82, 2.24) is 9.55 Å². The topological polar surface area (TPSA) is 86.9 Å². The first kappa shape index (κ1) is 11.5. The summed E-state index contributed by atoms with van der Waals surface area (Å²) in [5.74, 6) is -0.466. The quantitative estimate of drug-likeness (QED) is 0.800. The van der Waals surface area contributed by atoms with Crippen molar-refractivity contribution in [2.45, 2.75) is 10.1 Å². The first-order chi connectivity index (χ1) is 8.08. The molecule has 0 unspecified atom stereocenters. The number of hydrogen-bond donors (Lipinski definition) is 2. The summed E-state index contributed by atoms with van der Waals surface area (Å²) in [5.41, 5.74) is 12.1.